The number of thioether (sulfide) groups is 1. The van der Waals surface area contributed by atoms with Gasteiger partial charge in [0.15, 0.2) is 0 Å². The van der Waals surface area contributed by atoms with Gasteiger partial charge in [0.25, 0.3) is 0 Å². The maximum Gasteiger partial charge on any atom is 0.0721 e. The molecule has 1 nitrogen and oxygen atoms in total. The summed E-state index contributed by atoms with van der Waals surface area (Å²) >= 11 is 7.87. The number of allylic oxidation sites excluding steroid dienone is 6. The van der Waals surface area contributed by atoms with Crippen LogP contribution in [0.3, 0.4) is 0 Å². The minimum atomic E-state index is 0.435. The predicted molar refractivity (Wildman–Crippen MR) is 161 cm³/mol. The summed E-state index contributed by atoms with van der Waals surface area (Å²) in [6.45, 7) is 10.2. The van der Waals surface area contributed by atoms with Crippen LogP contribution in [0.25, 0.3) is 0 Å². The van der Waals surface area contributed by atoms with Crippen molar-refractivity contribution in [3.8, 4) is 0 Å². The van der Waals surface area contributed by atoms with Gasteiger partial charge in [-0.2, -0.15) is 0 Å². The number of halogens is 1. The van der Waals surface area contributed by atoms with Crippen molar-refractivity contribution in [2.45, 2.75) is 76.6 Å². The van der Waals surface area contributed by atoms with Gasteiger partial charge in [-0.3, -0.25) is 0 Å². The van der Waals surface area contributed by atoms with E-state index in [9.17, 15) is 0 Å². The maximum absolute atomic E-state index is 5.91. The van der Waals surface area contributed by atoms with E-state index in [4.69, 9.17) is 16.3 Å². The summed E-state index contributed by atoms with van der Waals surface area (Å²) in [6, 6.07) is 21.1. The molecule has 0 radical (unpaired) electrons. The Kier molecular flexibility index (Phi) is 15.3. The third-order valence-corrected chi connectivity index (χ3v) is 7.53. The standard InChI is InChI=1S/C33H43ClOS/c1-27(21-22-35-26-31-17-7-5-8-18-31)13-11-14-28(2)23-33(36-32-19-9-6-10-20-32)24-29(3)15-12-16-30(4)25-34/h5-10,14,16-21,24,33H,11-13,15,22-23,25-26H2,1-4H3/b27-21+,28-14+,29-24+,30-16+. The van der Waals surface area contributed by atoms with Crippen LogP contribution in [-0.4, -0.2) is 17.7 Å². The van der Waals surface area contributed by atoms with Crippen LogP contribution in [0.15, 0.2) is 112 Å². The Bertz CT molecular complexity index is 989. The molecule has 0 amide bonds. The summed E-state index contributed by atoms with van der Waals surface area (Å²) in [5.41, 5.74) is 6.77. The van der Waals surface area contributed by atoms with Crippen LogP contribution >= 0.6 is 23.4 Å². The van der Waals surface area contributed by atoms with E-state index >= 15 is 0 Å². The fraction of sp³-hybridized carbons (Fsp3) is 0.394. The van der Waals surface area contributed by atoms with E-state index in [1.54, 1.807) is 0 Å². The molecule has 2 aromatic carbocycles. The first kappa shape index (κ1) is 30.2. The van der Waals surface area contributed by atoms with Crippen molar-refractivity contribution in [1.82, 2.24) is 0 Å². The first-order valence-electron chi connectivity index (χ1n) is 13.0. The molecule has 0 aliphatic carbocycles. The molecule has 0 aliphatic heterocycles. The lowest BCUT2D eigenvalue weighted by Gasteiger charge is -2.15. The zero-order valence-corrected chi connectivity index (χ0v) is 24.1. The number of hydrogen-bond acceptors (Lipinski definition) is 2. The van der Waals surface area contributed by atoms with E-state index in [1.807, 2.05) is 17.8 Å². The minimum Gasteiger partial charge on any atom is -0.373 e. The molecule has 1 atom stereocenters. The van der Waals surface area contributed by atoms with Crippen molar-refractivity contribution in [2.24, 2.45) is 0 Å². The number of hydrogen-bond donors (Lipinski definition) is 0. The van der Waals surface area contributed by atoms with Gasteiger partial charge in [0, 0.05) is 16.0 Å². The summed E-state index contributed by atoms with van der Waals surface area (Å²) in [5.74, 6) is 0.620. The van der Waals surface area contributed by atoms with Gasteiger partial charge in [0.05, 0.1) is 13.2 Å². The number of ether oxygens (including phenoxy) is 1. The highest BCUT2D eigenvalue weighted by molar-refractivity contribution is 8.00. The Morgan fingerprint density at radius 3 is 2.06 bits per heavy atom. The van der Waals surface area contributed by atoms with Crippen LogP contribution in [0.2, 0.25) is 0 Å². The van der Waals surface area contributed by atoms with E-state index in [0.717, 1.165) is 32.1 Å². The molecule has 0 saturated heterocycles. The first-order valence-corrected chi connectivity index (χ1v) is 14.4. The van der Waals surface area contributed by atoms with Crippen LogP contribution in [-0.2, 0) is 11.3 Å². The first-order chi connectivity index (χ1) is 17.5. The molecular formula is C33H43ClOS. The molecule has 0 spiro atoms. The molecular weight excluding hydrogens is 480 g/mol. The van der Waals surface area contributed by atoms with Gasteiger partial charge in [-0.25, -0.2) is 0 Å². The van der Waals surface area contributed by atoms with Gasteiger partial charge in [-0.05, 0) is 77.5 Å². The number of benzene rings is 2. The van der Waals surface area contributed by atoms with E-state index in [-0.39, 0.29) is 0 Å². The maximum atomic E-state index is 5.91. The number of alkyl halides is 1. The molecule has 2 rings (SSSR count). The second-order valence-electron chi connectivity index (χ2n) is 9.55. The highest BCUT2D eigenvalue weighted by Crippen LogP contribution is 2.30. The van der Waals surface area contributed by atoms with Crippen LogP contribution < -0.4 is 0 Å². The Morgan fingerprint density at radius 1 is 0.778 bits per heavy atom. The minimum absolute atomic E-state index is 0.435. The lowest BCUT2D eigenvalue weighted by Crippen LogP contribution is -2.01. The van der Waals surface area contributed by atoms with Crippen molar-refractivity contribution in [3.63, 3.8) is 0 Å². The summed E-state index contributed by atoms with van der Waals surface area (Å²) in [5, 5.41) is 0.435. The second-order valence-corrected chi connectivity index (χ2v) is 11.1. The topological polar surface area (TPSA) is 9.23 Å². The third-order valence-electron chi connectivity index (χ3n) is 5.96. The predicted octanol–water partition coefficient (Wildman–Crippen LogP) is 10.3. The molecule has 3 heteroatoms. The normalized spacial score (nSPS) is 14.2. The van der Waals surface area contributed by atoms with Crippen LogP contribution in [0.1, 0.15) is 65.4 Å². The second kappa shape index (κ2) is 18.3. The summed E-state index contributed by atoms with van der Waals surface area (Å²) < 4.78 is 5.80. The van der Waals surface area contributed by atoms with E-state index < -0.39 is 0 Å². The third kappa shape index (κ3) is 13.9. The SMILES string of the molecule is C/C(=C\CC/C(C)=C/C(C/C(C)=C/CC/C(C)=C/COCc1ccccc1)Sc1ccccc1)CCl. The fourth-order valence-electron chi connectivity index (χ4n) is 3.81. The van der Waals surface area contributed by atoms with Crippen LogP contribution in [0.5, 0.6) is 0 Å². The average molecular weight is 523 g/mol. The smallest absolute Gasteiger partial charge is 0.0721 e. The average Bonchev–Trinajstić information content (AvgIpc) is 2.87. The van der Waals surface area contributed by atoms with Crippen molar-refractivity contribution >= 4 is 23.4 Å². The van der Waals surface area contributed by atoms with Gasteiger partial charge in [0.1, 0.15) is 0 Å². The van der Waals surface area contributed by atoms with Gasteiger partial charge in [-0.15, -0.1) is 23.4 Å². The number of rotatable bonds is 16. The zero-order valence-electron chi connectivity index (χ0n) is 22.5. The van der Waals surface area contributed by atoms with Gasteiger partial charge in [-0.1, -0.05) is 95.1 Å². The molecule has 0 aliphatic rings. The molecule has 0 heterocycles. The van der Waals surface area contributed by atoms with E-state index in [0.29, 0.717) is 24.3 Å². The molecule has 2 aromatic rings. The Morgan fingerprint density at radius 2 is 1.39 bits per heavy atom. The lowest BCUT2D eigenvalue weighted by molar-refractivity contribution is 0.148. The van der Waals surface area contributed by atoms with Crippen molar-refractivity contribution < 1.29 is 4.74 Å². The molecule has 0 N–H and O–H groups in total. The van der Waals surface area contributed by atoms with Gasteiger partial charge < -0.3 is 4.74 Å². The largest absolute Gasteiger partial charge is 0.373 e. The summed E-state index contributed by atoms with van der Waals surface area (Å²) in [7, 11) is 0. The van der Waals surface area contributed by atoms with Crippen LogP contribution in [0.4, 0.5) is 0 Å². The summed E-state index contributed by atoms with van der Waals surface area (Å²) in [6.07, 6.45) is 14.7. The molecule has 0 bridgehead atoms. The Hall–Kier alpha value is -2.00. The molecule has 0 fully saturated rings. The van der Waals surface area contributed by atoms with Gasteiger partial charge >= 0.3 is 0 Å². The Labute approximate surface area is 229 Å². The van der Waals surface area contributed by atoms with Crippen LogP contribution in [0, 0.1) is 0 Å². The fourth-order valence-corrected chi connectivity index (χ4v) is 5.23. The molecule has 194 valence electrons. The van der Waals surface area contributed by atoms with E-state index in [2.05, 4.69) is 107 Å². The van der Waals surface area contributed by atoms with E-state index in [1.165, 1.54) is 32.8 Å². The Balaban J connectivity index is 1.86. The lowest BCUT2D eigenvalue weighted by atomic mass is 10.0. The van der Waals surface area contributed by atoms with Crippen molar-refractivity contribution in [3.05, 3.63) is 113 Å². The quantitative estimate of drug-likeness (QED) is 0.0937. The monoisotopic (exact) mass is 522 g/mol. The van der Waals surface area contributed by atoms with Crippen molar-refractivity contribution in [1.29, 1.82) is 0 Å². The molecule has 36 heavy (non-hydrogen) atoms. The highest BCUT2D eigenvalue weighted by Gasteiger charge is 2.09. The molecule has 0 saturated carbocycles. The zero-order chi connectivity index (χ0) is 26.0. The highest BCUT2D eigenvalue weighted by atomic mass is 35.5. The van der Waals surface area contributed by atoms with Crippen molar-refractivity contribution in [2.75, 3.05) is 12.5 Å². The molecule has 1 unspecified atom stereocenters. The van der Waals surface area contributed by atoms with Gasteiger partial charge in [0.2, 0.25) is 0 Å². The summed E-state index contributed by atoms with van der Waals surface area (Å²) in [4.78, 5) is 1.33. The molecule has 0 aromatic heterocycles.